The SMILES string of the molecule is OB(O)c1cccc(-c2ccc(F)cc2)c1. The third-order valence-corrected chi connectivity index (χ3v) is 2.36. The van der Waals surface area contributed by atoms with Crippen LogP contribution < -0.4 is 5.46 Å². The van der Waals surface area contributed by atoms with E-state index in [0.29, 0.717) is 5.46 Å². The summed E-state index contributed by atoms with van der Waals surface area (Å²) in [5.74, 6) is -0.290. The fraction of sp³-hybridized carbons (Fsp3) is 0. The number of hydrogen-bond acceptors (Lipinski definition) is 2. The van der Waals surface area contributed by atoms with Crippen LogP contribution in [0.1, 0.15) is 0 Å². The molecule has 0 atom stereocenters. The van der Waals surface area contributed by atoms with Crippen LogP contribution in [-0.4, -0.2) is 17.2 Å². The van der Waals surface area contributed by atoms with E-state index in [-0.39, 0.29) is 5.82 Å². The molecular formula is C12H10BFO2. The molecule has 2 N–H and O–H groups in total. The van der Waals surface area contributed by atoms with Gasteiger partial charge in [-0.15, -0.1) is 0 Å². The molecule has 0 fully saturated rings. The maximum atomic E-state index is 12.7. The Hall–Kier alpha value is -1.65. The number of halogens is 1. The van der Waals surface area contributed by atoms with Gasteiger partial charge < -0.3 is 10.0 Å². The van der Waals surface area contributed by atoms with Crippen molar-refractivity contribution in [3.05, 3.63) is 54.3 Å². The van der Waals surface area contributed by atoms with E-state index in [2.05, 4.69) is 0 Å². The highest BCUT2D eigenvalue weighted by molar-refractivity contribution is 6.58. The molecule has 2 rings (SSSR count). The summed E-state index contributed by atoms with van der Waals surface area (Å²) in [6, 6.07) is 12.9. The highest BCUT2D eigenvalue weighted by Gasteiger charge is 2.11. The smallest absolute Gasteiger partial charge is 0.423 e. The Bertz CT molecular complexity index is 483. The molecule has 0 aromatic heterocycles. The van der Waals surface area contributed by atoms with Gasteiger partial charge in [-0.3, -0.25) is 0 Å². The Kier molecular flexibility index (Phi) is 3.03. The van der Waals surface area contributed by atoms with Gasteiger partial charge in [-0.05, 0) is 28.7 Å². The van der Waals surface area contributed by atoms with Gasteiger partial charge in [0.2, 0.25) is 0 Å². The monoisotopic (exact) mass is 216 g/mol. The van der Waals surface area contributed by atoms with E-state index in [4.69, 9.17) is 10.0 Å². The highest BCUT2D eigenvalue weighted by atomic mass is 19.1. The molecule has 16 heavy (non-hydrogen) atoms. The zero-order valence-corrected chi connectivity index (χ0v) is 8.47. The van der Waals surface area contributed by atoms with Gasteiger partial charge in [0.15, 0.2) is 0 Å². The first-order valence-corrected chi connectivity index (χ1v) is 4.89. The Morgan fingerprint density at radius 2 is 1.56 bits per heavy atom. The van der Waals surface area contributed by atoms with Crippen LogP contribution in [-0.2, 0) is 0 Å². The second kappa shape index (κ2) is 4.47. The van der Waals surface area contributed by atoms with Gasteiger partial charge in [-0.25, -0.2) is 4.39 Å². The average Bonchev–Trinajstić information content (AvgIpc) is 2.30. The summed E-state index contributed by atoms with van der Waals surface area (Å²) in [5, 5.41) is 18.1. The molecule has 2 nitrogen and oxygen atoms in total. The van der Waals surface area contributed by atoms with Crippen molar-refractivity contribution in [1.29, 1.82) is 0 Å². The molecule has 0 aliphatic rings. The largest absolute Gasteiger partial charge is 0.488 e. The summed E-state index contributed by atoms with van der Waals surface area (Å²) in [6.07, 6.45) is 0. The Labute approximate surface area is 93.1 Å². The zero-order chi connectivity index (χ0) is 11.5. The molecule has 0 saturated heterocycles. The van der Waals surface area contributed by atoms with Gasteiger partial charge in [-0.1, -0.05) is 36.4 Å². The molecule has 0 saturated carbocycles. The minimum Gasteiger partial charge on any atom is -0.423 e. The molecule has 0 bridgehead atoms. The second-order valence-corrected chi connectivity index (χ2v) is 3.51. The summed E-state index contributed by atoms with van der Waals surface area (Å²) >= 11 is 0. The van der Waals surface area contributed by atoms with Crippen LogP contribution in [0.25, 0.3) is 11.1 Å². The maximum absolute atomic E-state index is 12.7. The lowest BCUT2D eigenvalue weighted by Gasteiger charge is -2.04. The van der Waals surface area contributed by atoms with Crippen LogP contribution in [0.3, 0.4) is 0 Å². The third kappa shape index (κ3) is 2.29. The van der Waals surface area contributed by atoms with Crippen molar-refractivity contribution in [3.63, 3.8) is 0 Å². The molecule has 0 amide bonds. The van der Waals surface area contributed by atoms with Crippen molar-refractivity contribution in [3.8, 4) is 11.1 Å². The molecule has 0 unspecified atom stereocenters. The summed E-state index contributed by atoms with van der Waals surface area (Å²) in [7, 11) is -1.49. The van der Waals surface area contributed by atoms with Crippen LogP contribution in [0.15, 0.2) is 48.5 Å². The Balaban J connectivity index is 2.40. The minimum absolute atomic E-state index is 0.290. The van der Waals surface area contributed by atoms with Crippen molar-refractivity contribution in [2.75, 3.05) is 0 Å². The van der Waals surface area contributed by atoms with Crippen molar-refractivity contribution in [2.24, 2.45) is 0 Å². The quantitative estimate of drug-likeness (QED) is 0.739. The van der Waals surface area contributed by atoms with Gasteiger partial charge in [0, 0.05) is 0 Å². The molecule has 0 aliphatic heterocycles. The van der Waals surface area contributed by atoms with Crippen molar-refractivity contribution >= 4 is 12.6 Å². The van der Waals surface area contributed by atoms with Crippen LogP contribution in [0.5, 0.6) is 0 Å². The first kappa shape index (κ1) is 10.9. The molecular weight excluding hydrogens is 206 g/mol. The normalized spacial score (nSPS) is 10.2. The molecule has 80 valence electrons. The maximum Gasteiger partial charge on any atom is 0.488 e. The van der Waals surface area contributed by atoms with Crippen molar-refractivity contribution < 1.29 is 14.4 Å². The fourth-order valence-corrected chi connectivity index (χ4v) is 1.52. The van der Waals surface area contributed by atoms with E-state index >= 15 is 0 Å². The van der Waals surface area contributed by atoms with Gasteiger partial charge in [0.1, 0.15) is 5.82 Å². The topological polar surface area (TPSA) is 40.5 Å². The van der Waals surface area contributed by atoms with E-state index in [1.807, 2.05) is 6.07 Å². The standard InChI is InChI=1S/C12H10BFO2/c14-12-6-4-9(5-7-12)10-2-1-3-11(8-10)13(15)16/h1-8,15-16H. The Morgan fingerprint density at radius 1 is 0.875 bits per heavy atom. The van der Waals surface area contributed by atoms with E-state index in [1.165, 1.54) is 12.1 Å². The number of hydrogen-bond donors (Lipinski definition) is 2. The van der Waals surface area contributed by atoms with Crippen LogP contribution >= 0.6 is 0 Å². The molecule has 2 aromatic rings. The third-order valence-electron chi connectivity index (χ3n) is 2.36. The summed E-state index contributed by atoms with van der Waals surface area (Å²) in [5.41, 5.74) is 2.08. The summed E-state index contributed by atoms with van der Waals surface area (Å²) in [6.45, 7) is 0. The lowest BCUT2D eigenvalue weighted by Crippen LogP contribution is -2.29. The summed E-state index contributed by atoms with van der Waals surface area (Å²) in [4.78, 5) is 0. The van der Waals surface area contributed by atoms with Gasteiger partial charge in [0.05, 0.1) is 0 Å². The fourth-order valence-electron chi connectivity index (χ4n) is 1.52. The molecule has 2 aromatic carbocycles. The molecule has 0 aliphatic carbocycles. The van der Waals surface area contributed by atoms with Crippen LogP contribution in [0.4, 0.5) is 4.39 Å². The van der Waals surface area contributed by atoms with E-state index in [1.54, 1.807) is 30.3 Å². The lowest BCUT2D eigenvalue weighted by atomic mass is 9.79. The predicted octanol–water partition coefficient (Wildman–Crippen LogP) is 1.17. The van der Waals surface area contributed by atoms with E-state index in [0.717, 1.165) is 11.1 Å². The molecule has 0 radical (unpaired) electrons. The van der Waals surface area contributed by atoms with Crippen molar-refractivity contribution in [2.45, 2.75) is 0 Å². The highest BCUT2D eigenvalue weighted by Crippen LogP contribution is 2.18. The van der Waals surface area contributed by atoms with Crippen LogP contribution in [0.2, 0.25) is 0 Å². The predicted molar refractivity (Wildman–Crippen MR) is 61.7 cm³/mol. The van der Waals surface area contributed by atoms with Crippen molar-refractivity contribution in [1.82, 2.24) is 0 Å². The molecule has 0 spiro atoms. The van der Waals surface area contributed by atoms with E-state index < -0.39 is 7.12 Å². The Morgan fingerprint density at radius 3 is 2.19 bits per heavy atom. The first-order valence-electron chi connectivity index (χ1n) is 4.89. The number of benzene rings is 2. The van der Waals surface area contributed by atoms with E-state index in [9.17, 15) is 4.39 Å². The van der Waals surface area contributed by atoms with Gasteiger partial charge >= 0.3 is 7.12 Å². The van der Waals surface area contributed by atoms with Gasteiger partial charge in [-0.2, -0.15) is 0 Å². The lowest BCUT2D eigenvalue weighted by molar-refractivity contribution is 0.426. The van der Waals surface area contributed by atoms with Gasteiger partial charge in [0.25, 0.3) is 0 Å². The first-order chi connectivity index (χ1) is 7.66. The summed E-state index contributed by atoms with van der Waals surface area (Å²) < 4.78 is 12.7. The molecule has 4 heteroatoms. The second-order valence-electron chi connectivity index (χ2n) is 3.51. The van der Waals surface area contributed by atoms with Crippen LogP contribution in [0, 0.1) is 5.82 Å². The minimum atomic E-state index is -1.49. The molecule has 0 heterocycles. The number of rotatable bonds is 2. The zero-order valence-electron chi connectivity index (χ0n) is 8.47. The average molecular weight is 216 g/mol.